The normalized spacial score (nSPS) is 20.0. The Bertz CT molecular complexity index is 862. The van der Waals surface area contributed by atoms with Crippen molar-refractivity contribution in [2.24, 2.45) is 10.1 Å². The number of aliphatic carboxylic acids is 2. The molecule has 0 fully saturated rings. The first-order chi connectivity index (χ1) is 12.8. The van der Waals surface area contributed by atoms with Crippen LogP contribution in [0, 0.1) is 0 Å². The summed E-state index contributed by atoms with van der Waals surface area (Å²) in [5.74, 6) is -3.51. The highest BCUT2D eigenvalue weighted by Crippen LogP contribution is 2.26. The van der Waals surface area contributed by atoms with Crippen molar-refractivity contribution in [3.05, 3.63) is 22.7 Å². The monoisotopic (exact) mass is 413 g/mol. The molecule has 1 unspecified atom stereocenters. The van der Waals surface area contributed by atoms with Crippen molar-refractivity contribution in [2.75, 3.05) is 11.5 Å². The number of aliphatic imine (C=N–C) groups is 1. The number of nitrogens with one attached hydrogen (secondary N) is 1. The average Bonchev–Trinajstić information content (AvgIpc) is 3.05. The average molecular weight is 413 g/mol. The second kappa shape index (κ2) is 8.64. The molecule has 2 rings (SSSR count). The molecule has 0 saturated carbocycles. The van der Waals surface area contributed by atoms with Gasteiger partial charge in [0.1, 0.15) is 16.8 Å². The lowest BCUT2D eigenvalue weighted by atomic mass is 10.1. The summed E-state index contributed by atoms with van der Waals surface area (Å²) in [6.07, 6.45) is 1.58. The summed E-state index contributed by atoms with van der Waals surface area (Å²) in [6, 6.07) is -1.55. The molecule has 144 valence electrons. The number of oxime groups is 1. The fraction of sp³-hybridized carbons (Fsp3) is 0.286. The first-order valence-electron chi connectivity index (χ1n) is 7.33. The number of hydrogen-bond acceptors (Lipinski definition) is 10. The van der Waals surface area contributed by atoms with Crippen molar-refractivity contribution in [1.29, 1.82) is 0 Å². The van der Waals surface area contributed by atoms with Crippen LogP contribution in [0.3, 0.4) is 0 Å². The summed E-state index contributed by atoms with van der Waals surface area (Å²) in [5.41, 5.74) is 5.12. The molecule has 11 nitrogen and oxygen atoms in total. The number of allylic oxidation sites excluding steroid dienone is 1. The summed E-state index contributed by atoms with van der Waals surface area (Å²) in [4.78, 5) is 43.1. The van der Waals surface area contributed by atoms with Gasteiger partial charge in [-0.05, 0) is 12.5 Å². The van der Waals surface area contributed by atoms with E-state index < -0.39 is 35.0 Å². The third-order valence-electron chi connectivity index (χ3n) is 3.44. The number of nitrogen functional groups attached to an aromatic ring is 1. The fourth-order valence-corrected chi connectivity index (χ4v) is 3.91. The number of aromatic nitrogens is 1. The number of anilines is 1. The molecule has 2 atom stereocenters. The molecule has 1 aromatic rings. The van der Waals surface area contributed by atoms with Crippen LogP contribution >= 0.6 is 23.1 Å². The van der Waals surface area contributed by atoms with Crippen LogP contribution in [0.4, 0.5) is 5.13 Å². The van der Waals surface area contributed by atoms with E-state index in [-0.39, 0.29) is 22.3 Å². The minimum atomic E-state index is -1.55. The fourth-order valence-electron chi connectivity index (χ4n) is 2.15. The number of thiazole rings is 1. The number of nitrogens with zero attached hydrogens (tertiary/aromatic N) is 3. The molecule has 0 radical (unpaired) electrons. The number of carboxylic acids is 2. The van der Waals surface area contributed by atoms with Crippen molar-refractivity contribution in [3.8, 4) is 0 Å². The largest absolute Gasteiger partial charge is 0.480 e. The zero-order chi connectivity index (χ0) is 20.1. The molecular formula is C14H15N5O6S2. The van der Waals surface area contributed by atoms with E-state index in [4.69, 9.17) is 10.9 Å². The van der Waals surface area contributed by atoms with Gasteiger partial charge >= 0.3 is 11.9 Å². The summed E-state index contributed by atoms with van der Waals surface area (Å²) < 4.78 is 0. The molecule has 0 bridgehead atoms. The van der Waals surface area contributed by atoms with Crippen molar-refractivity contribution in [3.63, 3.8) is 0 Å². The van der Waals surface area contributed by atoms with Crippen molar-refractivity contribution in [1.82, 2.24) is 10.3 Å². The molecule has 1 amide bonds. The minimum Gasteiger partial charge on any atom is -0.480 e. The Morgan fingerprint density at radius 1 is 1.44 bits per heavy atom. The van der Waals surface area contributed by atoms with Crippen LogP contribution in [0.2, 0.25) is 0 Å². The Morgan fingerprint density at radius 2 is 2.15 bits per heavy atom. The highest BCUT2D eigenvalue weighted by atomic mass is 32.2. The molecule has 1 aromatic heterocycles. The van der Waals surface area contributed by atoms with Gasteiger partial charge in [0.2, 0.25) is 0 Å². The Balaban J connectivity index is 2.28. The van der Waals surface area contributed by atoms with Gasteiger partial charge in [-0.3, -0.25) is 9.79 Å². The van der Waals surface area contributed by atoms with E-state index in [1.807, 2.05) is 0 Å². The molecule has 1 aliphatic rings. The Kier molecular flexibility index (Phi) is 6.52. The first kappa shape index (κ1) is 20.4. The molecule has 0 spiro atoms. The van der Waals surface area contributed by atoms with Gasteiger partial charge in [0.05, 0.1) is 0 Å². The lowest BCUT2D eigenvalue weighted by Gasteiger charge is -2.26. The quantitative estimate of drug-likeness (QED) is 0.243. The van der Waals surface area contributed by atoms with E-state index >= 15 is 0 Å². The van der Waals surface area contributed by atoms with Gasteiger partial charge in [-0.2, -0.15) is 0 Å². The van der Waals surface area contributed by atoms with Gasteiger partial charge in [0, 0.05) is 11.1 Å². The number of rotatable bonds is 6. The smallest absolute Gasteiger partial charge is 0.354 e. The minimum absolute atomic E-state index is 0.0242. The molecule has 13 heteroatoms. The first-order valence-corrected chi connectivity index (χ1v) is 9.26. The number of thioether (sulfide) groups is 1. The highest BCUT2D eigenvalue weighted by molar-refractivity contribution is 8.00. The molecule has 0 saturated heterocycles. The molecule has 1 aliphatic heterocycles. The van der Waals surface area contributed by atoms with Crippen LogP contribution in [0.15, 0.2) is 27.2 Å². The predicted octanol–water partition coefficient (Wildman–Crippen LogP) is 0.0178. The summed E-state index contributed by atoms with van der Waals surface area (Å²) in [7, 11) is 0. The van der Waals surface area contributed by atoms with Crippen molar-refractivity contribution >= 4 is 57.5 Å². The zero-order valence-corrected chi connectivity index (χ0v) is 15.5. The van der Waals surface area contributed by atoms with Gasteiger partial charge in [-0.1, -0.05) is 11.2 Å². The second-order valence-electron chi connectivity index (χ2n) is 5.11. The molecule has 0 aliphatic carbocycles. The standard InChI is InChI=1S/C14H15N5O6S2/c1-2-5-3-26-11(18-7(5)12(21)22)9(13(23)24)17-10(20)8(19-25)6-4-27-14(15)16-6/h2,4,9,11,25H,3H2,1H3,(H2,15,16)(H,17,20)(H,21,22)(H,23,24)/b5-2+,19-8-/t9?,11-/m1/s1. The van der Waals surface area contributed by atoms with E-state index in [9.17, 15) is 24.6 Å². The summed E-state index contributed by atoms with van der Waals surface area (Å²) >= 11 is 2.07. The highest BCUT2D eigenvalue weighted by Gasteiger charge is 2.36. The van der Waals surface area contributed by atoms with E-state index in [2.05, 4.69) is 20.4 Å². The number of hydrogen-bond donors (Lipinski definition) is 5. The van der Waals surface area contributed by atoms with Crippen LogP contribution in [0.25, 0.3) is 0 Å². The van der Waals surface area contributed by atoms with Gasteiger partial charge in [0.15, 0.2) is 16.9 Å². The molecule has 2 heterocycles. The zero-order valence-electron chi connectivity index (χ0n) is 13.8. The van der Waals surface area contributed by atoms with E-state index in [0.717, 1.165) is 23.1 Å². The van der Waals surface area contributed by atoms with E-state index in [0.29, 0.717) is 5.57 Å². The van der Waals surface area contributed by atoms with Gasteiger partial charge in [-0.15, -0.1) is 23.1 Å². The lowest BCUT2D eigenvalue weighted by molar-refractivity contribution is -0.141. The third kappa shape index (κ3) is 4.62. The number of carboxylic acid groups (broad SMARTS) is 2. The number of carbonyl (C=O) groups excluding carboxylic acids is 1. The number of carbonyl (C=O) groups is 3. The molecular weight excluding hydrogens is 398 g/mol. The van der Waals surface area contributed by atoms with Crippen LogP contribution < -0.4 is 11.1 Å². The van der Waals surface area contributed by atoms with Crippen molar-refractivity contribution < 1.29 is 29.8 Å². The second-order valence-corrected chi connectivity index (χ2v) is 7.10. The maximum absolute atomic E-state index is 12.4. The molecule has 27 heavy (non-hydrogen) atoms. The maximum atomic E-state index is 12.4. The Labute approximate surface area is 160 Å². The Morgan fingerprint density at radius 3 is 2.63 bits per heavy atom. The molecule has 6 N–H and O–H groups in total. The van der Waals surface area contributed by atoms with E-state index in [1.54, 1.807) is 13.0 Å². The van der Waals surface area contributed by atoms with Crippen LogP contribution in [0.1, 0.15) is 12.6 Å². The van der Waals surface area contributed by atoms with Crippen LogP contribution in [-0.2, 0) is 14.4 Å². The van der Waals surface area contributed by atoms with Gasteiger partial charge in [0.25, 0.3) is 5.91 Å². The lowest BCUT2D eigenvalue weighted by Crippen LogP contribution is -2.50. The summed E-state index contributed by atoms with van der Waals surface area (Å²) in [6.45, 7) is 1.65. The third-order valence-corrected chi connectivity index (χ3v) is 5.31. The Hall–Kier alpha value is -2.93. The molecule has 0 aromatic carbocycles. The predicted molar refractivity (Wildman–Crippen MR) is 99.5 cm³/mol. The maximum Gasteiger partial charge on any atom is 0.354 e. The van der Waals surface area contributed by atoms with Gasteiger partial charge in [-0.25, -0.2) is 14.6 Å². The van der Waals surface area contributed by atoms with Crippen LogP contribution in [0.5, 0.6) is 0 Å². The van der Waals surface area contributed by atoms with Crippen LogP contribution in [-0.4, -0.2) is 66.8 Å². The summed E-state index contributed by atoms with van der Waals surface area (Å²) in [5, 5.41) is 33.3. The SMILES string of the molecule is C/C=C1\CS[C@H](C(NC(=O)/C(=N\O)c2csc(N)n2)C(=O)O)N=C1C(=O)O. The van der Waals surface area contributed by atoms with E-state index in [1.165, 1.54) is 5.38 Å². The number of nitrogens with two attached hydrogens (primary N) is 1. The van der Waals surface area contributed by atoms with Crippen molar-refractivity contribution in [2.45, 2.75) is 18.3 Å². The number of amides is 1. The van der Waals surface area contributed by atoms with Gasteiger partial charge < -0.3 is 26.5 Å². The topological polar surface area (TPSA) is 188 Å².